The van der Waals surface area contributed by atoms with E-state index in [1.807, 2.05) is 30.3 Å². The maximum atomic E-state index is 13.6. The van der Waals surface area contributed by atoms with E-state index in [-0.39, 0.29) is 12.3 Å². The lowest BCUT2D eigenvalue weighted by atomic mass is 9.84. The number of H-pyrrole nitrogens is 1. The Morgan fingerprint density at radius 2 is 1.84 bits per heavy atom. The Labute approximate surface area is 266 Å². The average molecular weight is 651 g/mol. The number of imide groups is 1. The largest absolute Gasteiger partial charge is 0.481 e. The number of aliphatic carboxylic acids is 1. The molecule has 2 aliphatic rings. The van der Waals surface area contributed by atoms with Gasteiger partial charge in [0.25, 0.3) is 5.91 Å². The Kier molecular flexibility index (Phi) is 9.53. The van der Waals surface area contributed by atoms with Crippen molar-refractivity contribution in [2.45, 2.75) is 34.8 Å². The number of fused-ring (bicyclic) bond motifs is 1. The fourth-order valence-corrected chi connectivity index (χ4v) is 7.74. The van der Waals surface area contributed by atoms with Crippen LogP contribution in [0.15, 0.2) is 71.9 Å². The van der Waals surface area contributed by atoms with E-state index in [4.69, 9.17) is 0 Å². The van der Waals surface area contributed by atoms with Gasteiger partial charge < -0.3 is 20.6 Å². The molecule has 0 spiro atoms. The molecule has 14 nitrogen and oxygen atoms in total. The minimum Gasteiger partial charge on any atom is -0.481 e. The molecule has 0 bridgehead atoms. The molecule has 2 aliphatic heterocycles. The van der Waals surface area contributed by atoms with Crippen LogP contribution in [0, 0.1) is 5.41 Å². The third-order valence-corrected chi connectivity index (χ3v) is 10.5. The summed E-state index contributed by atoms with van der Waals surface area (Å²) in [7, 11) is 1.30. The number of benzene rings is 2. The SMILES string of the molecule is CC(Sc1nnn[nH]1)C1(C(=O)O)CS[C@@H]2C(NC(=O)C(NC(=O)N(C)C(=O)C=Cc3ccccc3)c3ccccc3)C(=O)N2C1. The highest BCUT2D eigenvalue weighted by atomic mass is 32.2. The maximum Gasteiger partial charge on any atom is 0.324 e. The van der Waals surface area contributed by atoms with Crippen molar-refractivity contribution < 1.29 is 29.1 Å². The number of carbonyl (C=O) groups is 5. The number of rotatable bonds is 10. The lowest BCUT2D eigenvalue weighted by Crippen LogP contribution is -2.75. The number of tetrazole rings is 1. The molecule has 234 valence electrons. The van der Waals surface area contributed by atoms with Crippen LogP contribution in [0.3, 0.4) is 0 Å². The molecule has 1 aromatic heterocycles. The van der Waals surface area contributed by atoms with E-state index in [1.54, 1.807) is 43.3 Å². The number of carbonyl (C=O) groups excluding carboxylic acids is 4. The monoisotopic (exact) mass is 650 g/mol. The minimum atomic E-state index is -1.28. The first-order chi connectivity index (χ1) is 21.6. The van der Waals surface area contributed by atoms with Crippen molar-refractivity contribution in [3.8, 4) is 0 Å². The van der Waals surface area contributed by atoms with Crippen LogP contribution in [0.2, 0.25) is 0 Å². The average Bonchev–Trinajstić information content (AvgIpc) is 3.57. The van der Waals surface area contributed by atoms with Gasteiger partial charge in [0.15, 0.2) is 0 Å². The summed E-state index contributed by atoms with van der Waals surface area (Å²) in [6.07, 6.45) is 2.83. The second-order valence-corrected chi connectivity index (χ2v) is 13.0. The number of urea groups is 1. The van der Waals surface area contributed by atoms with Gasteiger partial charge in [0.2, 0.25) is 17.0 Å². The van der Waals surface area contributed by atoms with Crippen LogP contribution in [-0.4, -0.2) is 101 Å². The molecule has 2 aromatic carbocycles. The number of β-lactam (4-membered cyclic amide) rings is 1. The van der Waals surface area contributed by atoms with E-state index in [0.29, 0.717) is 10.7 Å². The van der Waals surface area contributed by atoms with Crippen LogP contribution in [-0.2, 0) is 19.2 Å². The highest BCUT2D eigenvalue weighted by Gasteiger charge is 2.59. The number of hydrogen-bond acceptors (Lipinski definition) is 10. The number of aromatic amines is 1. The van der Waals surface area contributed by atoms with Crippen LogP contribution >= 0.6 is 23.5 Å². The van der Waals surface area contributed by atoms with E-state index >= 15 is 0 Å². The number of carboxylic acids is 1. The molecule has 4 N–H and O–H groups in total. The van der Waals surface area contributed by atoms with Gasteiger partial charge in [-0.1, -0.05) is 79.3 Å². The molecule has 2 saturated heterocycles. The smallest absolute Gasteiger partial charge is 0.324 e. The van der Waals surface area contributed by atoms with Crippen molar-refractivity contribution in [2.75, 3.05) is 19.3 Å². The van der Waals surface area contributed by atoms with Crippen molar-refractivity contribution in [2.24, 2.45) is 5.41 Å². The molecule has 0 saturated carbocycles. The summed E-state index contributed by atoms with van der Waals surface area (Å²) in [6.45, 7) is 1.70. The number of amides is 5. The molecule has 4 unspecified atom stereocenters. The first kappa shape index (κ1) is 31.7. The van der Waals surface area contributed by atoms with E-state index in [9.17, 15) is 29.1 Å². The van der Waals surface area contributed by atoms with Gasteiger partial charge in [0.1, 0.15) is 22.9 Å². The Hall–Kier alpha value is -4.70. The molecule has 5 amide bonds. The van der Waals surface area contributed by atoms with Crippen molar-refractivity contribution in [3.05, 3.63) is 77.9 Å². The van der Waals surface area contributed by atoms with Gasteiger partial charge in [0, 0.05) is 30.7 Å². The summed E-state index contributed by atoms with van der Waals surface area (Å²) in [5.74, 6) is -2.54. The zero-order chi connectivity index (χ0) is 32.1. The quantitative estimate of drug-likeness (QED) is 0.142. The number of hydrogen-bond donors (Lipinski definition) is 4. The van der Waals surface area contributed by atoms with Gasteiger partial charge in [-0.3, -0.25) is 24.1 Å². The number of carboxylic acid groups (broad SMARTS) is 1. The molecule has 0 aliphatic carbocycles. The molecule has 45 heavy (non-hydrogen) atoms. The van der Waals surface area contributed by atoms with E-state index in [2.05, 4.69) is 31.3 Å². The summed E-state index contributed by atoms with van der Waals surface area (Å²) in [4.78, 5) is 67.4. The van der Waals surface area contributed by atoms with E-state index in [1.165, 1.54) is 41.5 Å². The van der Waals surface area contributed by atoms with Gasteiger partial charge in [-0.25, -0.2) is 9.89 Å². The zero-order valence-electron chi connectivity index (χ0n) is 24.2. The maximum absolute atomic E-state index is 13.6. The first-order valence-electron chi connectivity index (χ1n) is 13.8. The lowest BCUT2D eigenvalue weighted by Gasteiger charge is -2.55. The molecule has 0 radical (unpaired) electrons. The fourth-order valence-electron chi connectivity index (χ4n) is 4.97. The highest BCUT2D eigenvalue weighted by molar-refractivity contribution is 8.01. The van der Waals surface area contributed by atoms with Gasteiger partial charge in [-0.05, 0) is 27.6 Å². The Morgan fingerprint density at radius 1 is 1.16 bits per heavy atom. The van der Waals surface area contributed by atoms with Gasteiger partial charge in [-0.2, -0.15) is 0 Å². The molecule has 5 atom stereocenters. The molecular weight excluding hydrogens is 621 g/mol. The summed E-state index contributed by atoms with van der Waals surface area (Å²) in [6, 6.07) is 14.6. The summed E-state index contributed by atoms with van der Waals surface area (Å²) < 4.78 is 0. The van der Waals surface area contributed by atoms with Crippen LogP contribution in [0.4, 0.5) is 4.79 Å². The number of nitrogens with zero attached hydrogens (tertiary/aromatic N) is 5. The number of likely N-dealkylation sites (N-methyl/N-ethyl adjacent to an activating group) is 1. The number of nitrogens with one attached hydrogen (secondary N) is 3. The minimum absolute atomic E-state index is 0.0524. The van der Waals surface area contributed by atoms with Crippen molar-refractivity contribution in [1.82, 2.24) is 41.1 Å². The first-order valence-corrected chi connectivity index (χ1v) is 15.8. The topological polar surface area (TPSA) is 191 Å². The predicted molar refractivity (Wildman–Crippen MR) is 165 cm³/mol. The Bertz CT molecular complexity index is 1590. The molecule has 3 aromatic rings. The van der Waals surface area contributed by atoms with E-state index < -0.39 is 57.8 Å². The molecule has 16 heteroatoms. The van der Waals surface area contributed by atoms with E-state index in [0.717, 1.165) is 10.5 Å². The van der Waals surface area contributed by atoms with Gasteiger partial charge >= 0.3 is 12.0 Å². The lowest BCUT2D eigenvalue weighted by molar-refractivity contribution is -0.158. The standard InChI is InChI=1S/C29H30N8O6S2/c1-17(45-27-32-34-35-33-27)29(26(41)42)15-37-24(40)22(25(37)44-16-29)30-23(39)21(19-11-7-4-8-12-19)31-28(43)36(2)20(38)14-13-18-9-5-3-6-10-18/h3-14,17,21-22,25H,15-16H2,1-2H3,(H,30,39)(H,31,43)(H,41,42)(H,32,33,34,35)/t17?,21?,22?,25-,29?/m1/s1. The Balaban J connectivity index is 1.25. The fraction of sp³-hybridized carbons (Fsp3) is 0.310. The molecular formula is C29H30N8O6S2. The molecule has 3 heterocycles. The van der Waals surface area contributed by atoms with Gasteiger partial charge in [0.05, 0.1) is 0 Å². The van der Waals surface area contributed by atoms with Crippen LogP contribution in [0.5, 0.6) is 0 Å². The van der Waals surface area contributed by atoms with Crippen molar-refractivity contribution in [1.29, 1.82) is 0 Å². The summed E-state index contributed by atoms with van der Waals surface area (Å²) >= 11 is 2.43. The second-order valence-electron chi connectivity index (χ2n) is 10.5. The van der Waals surface area contributed by atoms with Crippen LogP contribution in [0.25, 0.3) is 6.08 Å². The molecule has 5 rings (SSSR count). The Morgan fingerprint density at radius 3 is 2.49 bits per heavy atom. The normalized spacial score (nSPS) is 22.1. The molecule has 2 fully saturated rings. The highest BCUT2D eigenvalue weighted by Crippen LogP contribution is 2.47. The number of thioether (sulfide) groups is 2. The summed E-state index contributed by atoms with van der Waals surface area (Å²) in [5, 5.41) is 28.4. The number of aromatic nitrogens is 4. The predicted octanol–water partition coefficient (Wildman–Crippen LogP) is 1.77. The zero-order valence-corrected chi connectivity index (χ0v) is 25.8. The third-order valence-electron chi connectivity index (χ3n) is 7.74. The van der Waals surface area contributed by atoms with Gasteiger partial charge in [-0.15, -0.1) is 16.9 Å². The van der Waals surface area contributed by atoms with Crippen molar-refractivity contribution in [3.63, 3.8) is 0 Å². The van der Waals surface area contributed by atoms with Crippen LogP contribution in [0.1, 0.15) is 24.1 Å². The van der Waals surface area contributed by atoms with Crippen LogP contribution < -0.4 is 10.6 Å². The second kappa shape index (κ2) is 13.5. The van der Waals surface area contributed by atoms with Crippen molar-refractivity contribution >= 4 is 59.3 Å². The third kappa shape index (κ3) is 6.71. The summed E-state index contributed by atoms with van der Waals surface area (Å²) in [5.41, 5.74) is -0.0564.